The summed E-state index contributed by atoms with van der Waals surface area (Å²) in [5.41, 5.74) is 0. The third-order valence-corrected chi connectivity index (χ3v) is 2.43. The van der Waals surface area contributed by atoms with Crippen LogP contribution in [0.5, 0.6) is 0 Å². The van der Waals surface area contributed by atoms with Crippen LogP contribution in [0.1, 0.15) is 47.0 Å². The number of hydrogen-bond donors (Lipinski definition) is 1. The van der Waals surface area contributed by atoms with Gasteiger partial charge in [0.2, 0.25) is 0 Å². The summed E-state index contributed by atoms with van der Waals surface area (Å²) in [6, 6.07) is 0. The molecule has 0 aromatic heterocycles. The minimum absolute atomic E-state index is 0.0393. The summed E-state index contributed by atoms with van der Waals surface area (Å²) in [7, 11) is 0. The average molecular weight is 232 g/mol. The monoisotopic (exact) mass is 232 g/mol. The Morgan fingerprint density at radius 3 is 2.31 bits per heavy atom. The maximum atomic E-state index is 9.79. The average Bonchev–Trinajstić information content (AvgIpc) is 2.23. The zero-order valence-electron chi connectivity index (χ0n) is 11.2. The van der Waals surface area contributed by atoms with Gasteiger partial charge in [-0.15, -0.1) is 0 Å². The molecule has 1 N–H and O–H groups in total. The van der Waals surface area contributed by atoms with Crippen molar-refractivity contribution >= 4 is 0 Å². The molecule has 0 rings (SSSR count). The molecule has 3 nitrogen and oxygen atoms in total. The van der Waals surface area contributed by atoms with Crippen molar-refractivity contribution in [3.8, 4) is 0 Å². The van der Waals surface area contributed by atoms with Crippen molar-refractivity contribution in [3.05, 3.63) is 0 Å². The molecule has 0 heterocycles. The fourth-order valence-electron chi connectivity index (χ4n) is 1.56. The molecule has 0 aromatic rings. The zero-order valence-corrected chi connectivity index (χ0v) is 11.2. The highest BCUT2D eigenvalue weighted by Gasteiger charge is 2.16. The van der Waals surface area contributed by atoms with Crippen LogP contribution in [-0.2, 0) is 9.47 Å². The lowest BCUT2D eigenvalue weighted by Gasteiger charge is -2.21. The molecule has 3 heteroatoms. The molecule has 2 unspecified atom stereocenters. The first-order valence-electron chi connectivity index (χ1n) is 6.49. The molecule has 0 aliphatic rings. The molecule has 0 spiro atoms. The maximum Gasteiger partial charge on any atom is 0.0832 e. The lowest BCUT2D eigenvalue weighted by molar-refractivity contribution is -0.0615. The first-order valence-corrected chi connectivity index (χ1v) is 6.49. The number of aliphatic hydroxyl groups excluding tert-OH is 1. The molecular weight excluding hydrogens is 204 g/mol. The second-order valence-corrected chi connectivity index (χ2v) is 4.64. The highest BCUT2D eigenvalue weighted by atomic mass is 16.5. The largest absolute Gasteiger partial charge is 0.390 e. The van der Waals surface area contributed by atoms with Crippen LogP contribution >= 0.6 is 0 Å². The zero-order chi connectivity index (χ0) is 12.4. The molecule has 0 aliphatic carbocycles. The van der Waals surface area contributed by atoms with Crippen LogP contribution < -0.4 is 0 Å². The van der Waals surface area contributed by atoms with E-state index < -0.39 is 0 Å². The Morgan fingerprint density at radius 1 is 1.12 bits per heavy atom. The third kappa shape index (κ3) is 8.08. The van der Waals surface area contributed by atoms with E-state index in [0.717, 1.165) is 25.9 Å². The van der Waals surface area contributed by atoms with E-state index in [1.165, 1.54) is 0 Å². The molecule has 0 fully saturated rings. The number of hydrogen-bond acceptors (Lipinski definition) is 3. The SMILES string of the molecule is CCCC(O)C(CC)OCCOCC(C)C. The molecular formula is C13H28O3. The van der Waals surface area contributed by atoms with Crippen LogP contribution in [0.25, 0.3) is 0 Å². The van der Waals surface area contributed by atoms with Crippen molar-refractivity contribution in [1.82, 2.24) is 0 Å². The minimum Gasteiger partial charge on any atom is -0.390 e. The summed E-state index contributed by atoms with van der Waals surface area (Å²) in [5, 5.41) is 9.79. The number of ether oxygens (including phenoxy) is 2. The Balaban J connectivity index is 3.54. The maximum absolute atomic E-state index is 9.79. The standard InChI is InChI=1S/C13H28O3/c1-5-7-12(14)13(6-2)16-9-8-15-10-11(3)4/h11-14H,5-10H2,1-4H3. The molecule has 0 amide bonds. The molecule has 0 aliphatic heterocycles. The molecule has 0 aromatic carbocycles. The second-order valence-electron chi connectivity index (χ2n) is 4.64. The van der Waals surface area contributed by atoms with Crippen molar-refractivity contribution in [2.24, 2.45) is 5.92 Å². The Morgan fingerprint density at radius 2 is 1.81 bits per heavy atom. The predicted molar refractivity (Wildman–Crippen MR) is 66.6 cm³/mol. The van der Waals surface area contributed by atoms with Gasteiger partial charge in [0.05, 0.1) is 25.4 Å². The van der Waals surface area contributed by atoms with Crippen molar-refractivity contribution in [2.75, 3.05) is 19.8 Å². The van der Waals surface area contributed by atoms with Gasteiger partial charge in [0.1, 0.15) is 0 Å². The minimum atomic E-state index is -0.333. The normalized spacial score (nSPS) is 15.4. The third-order valence-electron chi connectivity index (χ3n) is 2.43. The Bertz CT molecular complexity index is 148. The predicted octanol–water partition coefficient (Wildman–Crippen LogP) is 2.62. The second kappa shape index (κ2) is 10.1. The van der Waals surface area contributed by atoms with Crippen molar-refractivity contribution in [1.29, 1.82) is 0 Å². The van der Waals surface area contributed by atoms with Crippen molar-refractivity contribution in [3.63, 3.8) is 0 Å². The van der Waals surface area contributed by atoms with E-state index in [1.54, 1.807) is 0 Å². The summed E-state index contributed by atoms with van der Waals surface area (Å²) < 4.78 is 11.0. The summed E-state index contributed by atoms with van der Waals surface area (Å²) >= 11 is 0. The van der Waals surface area contributed by atoms with Gasteiger partial charge in [-0.1, -0.05) is 34.1 Å². The van der Waals surface area contributed by atoms with E-state index in [2.05, 4.69) is 20.8 Å². The Hall–Kier alpha value is -0.120. The van der Waals surface area contributed by atoms with E-state index in [9.17, 15) is 5.11 Å². The topological polar surface area (TPSA) is 38.7 Å². The molecule has 0 bridgehead atoms. The first-order chi connectivity index (χ1) is 7.61. The molecule has 2 atom stereocenters. The van der Waals surface area contributed by atoms with E-state index in [4.69, 9.17) is 9.47 Å². The van der Waals surface area contributed by atoms with E-state index >= 15 is 0 Å². The molecule has 0 saturated heterocycles. The van der Waals surface area contributed by atoms with Gasteiger partial charge in [-0.05, 0) is 18.8 Å². The van der Waals surface area contributed by atoms with Crippen molar-refractivity contribution < 1.29 is 14.6 Å². The lowest BCUT2D eigenvalue weighted by atomic mass is 10.1. The van der Waals surface area contributed by atoms with Crippen LogP contribution in [0, 0.1) is 5.92 Å². The highest BCUT2D eigenvalue weighted by Crippen LogP contribution is 2.09. The molecule has 0 saturated carbocycles. The summed E-state index contributed by atoms with van der Waals surface area (Å²) in [6.45, 7) is 10.3. The summed E-state index contributed by atoms with van der Waals surface area (Å²) in [5.74, 6) is 0.563. The van der Waals surface area contributed by atoms with Gasteiger partial charge >= 0.3 is 0 Å². The Kier molecular flexibility index (Phi) is 9.99. The lowest BCUT2D eigenvalue weighted by Crippen LogP contribution is -2.29. The first kappa shape index (κ1) is 15.9. The van der Waals surface area contributed by atoms with Crippen LogP contribution in [0.3, 0.4) is 0 Å². The smallest absolute Gasteiger partial charge is 0.0832 e. The molecule has 0 radical (unpaired) electrons. The quantitative estimate of drug-likeness (QED) is 0.588. The highest BCUT2D eigenvalue weighted by molar-refractivity contribution is 4.66. The fourth-order valence-corrected chi connectivity index (χ4v) is 1.56. The van der Waals surface area contributed by atoms with Crippen molar-refractivity contribution in [2.45, 2.75) is 59.2 Å². The van der Waals surface area contributed by atoms with Gasteiger partial charge in [-0.2, -0.15) is 0 Å². The van der Waals surface area contributed by atoms with Gasteiger partial charge in [0.15, 0.2) is 0 Å². The number of rotatable bonds is 10. The molecule has 16 heavy (non-hydrogen) atoms. The van der Waals surface area contributed by atoms with Gasteiger partial charge < -0.3 is 14.6 Å². The van der Waals surface area contributed by atoms with Crippen LogP contribution in [0.4, 0.5) is 0 Å². The fraction of sp³-hybridized carbons (Fsp3) is 1.00. The van der Waals surface area contributed by atoms with Crippen LogP contribution in [0.15, 0.2) is 0 Å². The van der Waals surface area contributed by atoms with Crippen LogP contribution in [0.2, 0.25) is 0 Å². The molecule has 98 valence electrons. The van der Waals surface area contributed by atoms with Crippen LogP contribution in [-0.4, -0.2) is 37.1 Å². The van der Waals surface area contributed by atoms with Gasteiger partial charge in [0.25, 0.3) is 0 Å². The van der Waals surface area contributed by atoms with Gasteiger partial charge in [0, 0.05) is 6.61 Å². The number of aliphatic hydroxyl groups is 1. The van der Waals surface area contributed by atoms with Gasteiger partial charge in [-0.3, -0.25) is 0 Å². The summed E-state index contributed by atoms with van der Waals surface area (Å²) in [6.07, 6.45) is 2.28. The van der Waals surface area contributed by atoms with E-state index in [1.807, 2.05) is 6.92 Å². The van der Waals surface area contributed by atoms with Gasteiger partial charge in [-0.25, -0.2) is 0 Å². The Labute approximate surface area is 100 Å². The van der Waals surface area contributed by atoms with E-state index in [-0.39, 0.29) is 12.2 Å². The summed E-state index contributed by atoms with van der Waals surface area (Å²) in [4.78, 5) is 0. The van der Waals surface area contributed by atoms with E-state index in [0.29, 0.717) is 19.1 Å².